The molecule has 7 heteroatoms. The van der Waals surface area contributed by atoms with Crippen LogP contribution in [-0.2, 0) is 14.1 Å². The maximum absolute atomic E-state index is 12.0. The normalized spacial score (nSPS) is 15.6. The molecule has 0 saturated carbocycles. The number of fused-ring (bicyclic) bond motifs is 1. The number of β-amino-alcohol motifs (C(OH)–C–C–N with tert-alkyl or cyclic N) is 1. The van der Waals surface area contributed by atoms with Gasteiger partial charge in [0, 0.05) is 20.6 Å². The summed E-state index contributed by atoms with van der Waals surface area (Å²) in [6.45, 7) is 2.44. The molecule has 0 radical (unpaired) electrons. The number of aliphatic hydroxyl groups is 1. The van der Waals surface area contributed by atoms with Crippen molar-refractivity contribution in [1.82, 2.24) is 9.13 Å². The van der Waals surface area contributed by atoms with E-state index >= 15 is 0 Å². The van der Waals surface area contributed by atoms with Gasteiger partial charge in [-0.1, -0.05) is 0 Å². The Hall–Kier alpha value is -1.76. The van der Waals surface area contributed by atoms with E-state index in [1.54, 1.807) is 18.9 Å². The van der Waals surface area contributed by atoms with Crippen LogP contribution >= 0.6 is 0 Å². The Kier molecular flexibility index (Phi) is 2.70. The first-order chi connectivity index (χ1) is 7.93. The number of hydrogen-bond acceptors (Lipinski definition) is 5. The minimum atomic E-state index is -0.537. The molecule has 17 heavy (non-hydrogen) atoms. The van der Waals surface area contributed by atoms with Gasteiger partial charge in [-0.25, -0.2) is 4.79 Å². The Bertz CT molecular complexity index is 558. The fraction of sp³-hybridized carbons (Fsp3) is 0.600. The first-order valence-electron chi connectivity index (χ1n) is 5.40. The zero-order valence-electron chi connectivity index (χ0n) is 10.1. The van der Waals surface area contributed by atoms with Crippen molar-refractivity contribution in [2.75, 3.05) is 23.4 Å². The van der Waals surface area contributed by atoms with Crippen molar-refractivity contribution < 1.29 is 5.11 Å². The van der Waals surface area contributed by atoms with Gasteiger partial charge in [-0.3, -0.25) is 13.9 Å². The second-order valence-electron chi connectivity index (χ2n) is 4.31. The van der Waals surface area contributed by atoms with Gasteiger partial charge in [-0.05, 0) is 6.92 Å². The molecular formula is C10H16N4O3. The monoisotopic (exact) mass is 240 g/mol. The number of anilines is 2. The lowest BCUT2D eigenvalue weighted by atomic mass is 10.3. The zero-order valence-corrected chi connectivity index (χ0v) is 10.1. The Morgan fingerprint density at radius 1 is 1.35 bits per heavy atom. The van der Waals surface area contributed by atoms with E-state index in [2.05, 4.69) is 5.32 Å². The summed E-state index contributed by atoms with van der Waals surface area (Å²) in [5.74, 6) is 0.513. The molecule has 2 N–H and O–H groups in total. The van der Waals surface area contributed by atoms with Crippen LogP contribution in [0.25, 0.3) is 0 Å². The highest BCUT2D eigenvalue weighted by Crippen LogP contribution is 2.25. The standard InChI is InChI=1S/C10H16N4O3/c1-6(15)4-14-5-11-8-7(14)9(16)13(3)10(17)12(8)2/h6,11,15H,4-5H2,1-3H3. The van der Waals surface area contributed by atoms with E-state index in [1.165, 1.54) is 11.6 Å². The molecule has 1 atom stereocenters. The van der Waals surface area contributed by atoms with Crippen LogP contribution in [0.2, 0.25) is 0 Å². The number of nitrogens with one attached hydrogen (secondary N) is 1. The summed E-state index contributed by atoms with van der Waals surface area (Å²) in [5, 5.41) is 12.4. The summed E-state index contributed by atoms with van der Waals surface area (Å²) in [4.78, 5) is 25.4. The fourth-order valence-electron chi connectivity index (χ4n) is 2.04. The summed E-state index contributed by atoms with van der Waals surface area (Å²) in [6.07, 6.45) is -0.537. The highest BCUT2D eigenvalue weighted by molar-refractivity contribution is 5.70. The average molecular weight is 240 g/mol. The molecule has 0 amide bonds. The number of rotatable bonds is 2. The van der Waals surface area contributed by atoms with Crippen molar-refractivity contribution in [3.8, 4) is 0 Å². The fourth-order valence-corrected chi connectivity index (χ4v) is 2.04. The summed E-state index contributed by atoms with van der Waals surface area (Å²) < 4.78 is 2.47. The van der Waals surface area contributed by atoms with Crippen LogP contribution in [0.3, 0.4) is 0 Å². The summed E-state index contributed by atoms with van der Waals surface area (Å²) in [7, 11) is 3.06. The molecule has 0 aromatic carbocycles. The predicted molar refractivity (Wildman–Crippen MR) is 64.4 cm³/mol. The van der Waals surface area contributed by atoms with Crippen LogP contribution < -0.4 is 21.5 Å². The van der Waals surface area contributed by atoms with Gasteiger partial charge < -0.3 is 15.3 Å². The van der Waals surface area contributed by atoms with Crippen LogP contribution in [0.1, 0.15) is 6.92 Å². The zero-order chi connectivity index (χ0) is 12.7. The Morgan fingerprint density at radius 3 is 2.59 bits per heavy atom. The molecule has 0 spiro atoms. The molecule has 2 heterocycles. The number of aromatic nitrogens is 2. The Morgan fingerprint density at radius 2 is 2.00 bits per heavy atom. The molecule has 0 aliphatic carbocycles. The quantitative estimate of drug-likeness (QED) is 0.668. The maximum atomic E-state index is 12.0. The third kappa shape index (κ3) is 1.72. The van der Waals surface area contributed by atoms with Crippen LogP contribution in [-0.4, -0.2) is 33.6 Å². The number of aliphatic hydroxyl groups excluding tert-OH is 1. The van der Waals surface area contributed by atoms with Crippen LogP contribution in [0.4, 0.5) is 11.5 Å². The Labute approximate surface area is 97.9 Å². The van der Waals surface area contributed by atoms with Gasteiger partial charge >= 0.3 is 5.69 Å². The highest BCUT2D eigenvalue weighted by atomic mass is 16.3. The van der Waals surface area contributed by atoms with Crippen molar-refractivity contribution in [1.29, 1.82) is 0 Å². The molecule has 1 aromatic heterocycles. The van der Waals surface area contributed by atoms with Gasteiger partial charge in [-0.15, -0.1) is 0 Å². The largest absolute Gasteiger partial charge is 0.392 e. The maximum Gasteiger partial charge on any atom is 0.332 e. The van der Waals surface area contributed by atoms with Crippen LogP contribution in [0.5, 0.6) is 0 Å². The van der Waals surface area contributed by atoms with Crippen molar-refractivity contribution in [2.24, 2.45) is 14.1 Å². The third-order valence-electron chi connectivity index (χ3n) is 2.88. The lowest BCUT2D eigenvalue weighted by Gasteiger charge is -2.19. The summed E-state index contributed by atoms with van der Waals surface area (Å²) in [5.41, 5.74) is -0.260. The van der Waals surface area contributed by atoms with Crippen molar-refractivity contribution in [2.45, 2.75) is 13.0 Å². The molecule has 7 nitrogen and oxygen atoms in total. The molecule has 94 valence electrons. The van der Waals surface area contributed by atoms with Crippen LogP contribution in [0.15, 0.2) is 9.59 Å². The number of hydrogen-bond donors (Lipinski definition) is 2. The first-order valence-corrected chi connectivity index (χ1v) is 5.40. The molecule has 0 fully saturated rings. The van der Waals surface area contributed by atoms with Gasteiger partial charge in [0.1, 0.15) is 11.5 Å². The molecule has 1 aromatic rings. The van der Waals surface area contributed by atoms with Gasteiger partial charge in [-0.2, -0.15) is 0 Å². The lowest BCUT2D eigenvalue weighted by molar-refractivity contribution is 0.201. The van der Waals surface area contributed by atoms with Gasteiger partial charge in [0.15, 0.2) is 0 Å². The second-order valence-corrected chi connectivity index (χ2v) is 4.31. The molecule has 0 bridgehead atoms. The first kappa shape index (κ1) is 11.7. The number of nitrogens with zero attached hydrogens (tertiary/aromatic N) is 3. The van der Waals surface area contributed by atoms with Crippen LogP contribution in [0, 0.1) is 0 Å². The van der Waals surface area contributed by atoms with Gasteiger partial charge in [0.25, 0.3) is 5.56 Å². The average Bonchev–Trinajstić information content (AvgIpc) is 2.66. The lowest BCUT2D eigenvalue weighted by Crippen LogP contribution is -2.40. The van der Waals surface area contributed by atoms with E-state index in [0.29, 0.717) is 24.7 Å². The van der Waals surface area contributed by atoms with E-state index in [9.17, 15) is 14.7 Å². The summed E-state index contributed by atoms with van der Waals surface area (Å²) >= 11 is 0. The van der Waals surface area contributed by atoms with Crippen molar-refractivity contribution in [3.63, 3.8) is 0 Å². The van der Waals surface area contributed by atoms with E-state index in [1.807, 2.05) is 0 Å². The summed E-state index contributed by atoms with van der Waals surface area (Å²) in [6, 6.07) is 0. The topological polar surface area (TPSA) is 79.5 Å². The van der Waals surface area contributed by atoms with E-state index in [0.717, 1.165) is 4.57 Å². The highest BCUT2D eigenvalue weighted by Gasteiger charge is 2.27. The van der Waals surface area contributed by atoms with E-state index in [4.69, 9.17) is 0 Å². The molecule has 2 rings (SSSR count). The SMILES string of the molecule is CC(O)CN1CNc2c1c(=O)n(C)c(=O)n2C. The van der Waals surface area contributed by atoms with Crippen molar-refractivity contribution in [3.05, 3.63) is 20.8 Å². The minimum Gasteiger partial charge on any atom is -0.392 e. The molecule has 0 saturated heterocycles. The molecule has 1 aliphatic rings. The Balaban J connectivity index is 2.61. The molecule has 1 unspecified atom stereocenters. The predicted octanol–water partition coefficient (Wildman–Crippen LogP) is -1.35. The van der Waals surface area contributed by atoms with E-state index < -0.39 is 6.10 Å². The van der Waals surface area contributed by atoms with Gasteiger partial charge in [0.2, 0.25) is 0 Å². The van der Waals surface area contributed by atoms with E-state index in [-0.39, 0.29) is 11.2 Å². The molecular weight excluding hydrogens is 224 g/mol. The van der Waals surface area contributed by atoms with Gasteiger partial charge in [0.05, 0.1) is 12.8 Å². The smallest absolute Gasteiger partial charge is 0.332 e. The second kappa shape index (κ2) is 3.92. The third-order valence-corrected chi connectivity index (χ3v) is 2.88. The molecule has 1 aliphatic heterocycles. The minimum absolute atomic E-state index is 0.339. The van der Waals surface area contributed by atoms with Crippen molar-refractivity contribution >= 4 is 11.5 Å².